The predicted molar refractivity (Wildman–Crippen MR) is 97.5 cm³/mol. The highest BCUT2D eigenvalue weighted by molar-refractivity contribution is 6.00. The van der Waals surface area contributed by atoms with Gasteiger partial charge in [-0.3, -0.25) is 4.79 Å². The first kappa shape index (κ1) is 17.6. The number of nitrogens with two attached hydrogens (primary N) is 1. The highest BCUT2D eigenvalue weighted by Crippen LogP contribution is 2.35. The van der Waals surface area contributed by atoms with E-state index in [1.807, 2.05) is 24.4 Å². The van der Waals surface area contributed by atoms with Crippen LogP contribution in [0.15, 0.2) is 30.6 Å². The summed E-state index contributed by atoms with van der Waals surface area (Å²) in [5.41, 5.74) is 8.41. The maximum Gasteiger partial charge on any atom is 0.253 e. The molecule has 2 aromatic rings. The van der Waals surface area contributed by atoms with Crippen molar-refractivity contribution in [2.45, 2.75) is 18.9 Å². The molecule has 0 saturated heterocycles. The number of carbonyl (C=O) groups is 1. The van der Waals surface area contributed by atoms with Crippen molar-refractivity contribution in [3.05, 3.63) is 36.2 Å². The van der Waals surface area contributed by atoms with Gasteiger partial charge in [-0.1, -0.05) is 6.07 Å². The van der Waals surface area contributed by atoms with Crippen LogP contribution in [-0.4, -0.2) is 36.7 Å². The molecule has 0 spiro atoms. The van der Waals surface area contributed by atoms with Crippen molar-refractivity contribution in [1.82, 2.24) is 10.3 Å². The van der Waals surface area contributed by atoms with Crippen LogP contribution in [0.1, 0.15) is 23.2 Å². The van der Waals surface area contributed by atoms with Crippen LogP contribution in [0.5, 0.6) is 11.5 Å². The second-order valence-corrected chi connectivity index (χ2v) is 6.35. The first-order valence-corrected chi connectivity index (χ1v) is 8.33. The van der Waals surface area contributed by atoms with E-state index in [1.54, 1.807) is 6.20 Å². The third kappa shape index (κ3) is 3.75. The molecule has 1 atom stereocenters. The molecule has 2 heterocycles. The number of fused-ring (bicyclic) bond motifs is 1. The molecule has 1 fully saturated rings. The van der Waals surface area contributed by atoms with Crippen molar-refractivity contribution in [2.75, 3.05) is 19.8 Å². The fraction of sp³-hybridized carbons (Fsp3) is 0.389. The normalized spacial score (nSPS) is 16.7. The van der Waals surface area contributed by atoms with E-state index in [9.17, 15) is 4.79 Å². The van der Waals surface area contributed by atoms with E-state index in [1.165, 1.54) is 12.8 Å². The Morgan fingerprint density at radius 1 is 1.24 bits per heavy atom. The second kappa shape index (κ2) is 7.37. The minimum atomic E-state index is -0.114. The largest absolute Gasteiger partial charge is 0.486 e. The van der Waals surface area contributed by atoms with E-state index in [-0.39, 0.29) is 24.4 Å². The number of nitrogens with one attached hydrogen (secondary N) is 2. The molecule has 1 aliphatic heterocycles. The predicted octanol–water partition coefficient (Wildman–Crippen LogP) is 2.34. The summed E-state index contributed by atoms with van der Waals surface area (Å²) in [6, 6.07) is 5.76. The number of H-pyrrole nitrogens is 1. The summed E-state index contributed by atoms with van der Waals surface area (Å²) in [6.45, 7) is 1.61. The van der Waals surface area contributed by atoms with Gasteiger partial charge >= 0.3 is 0 Å². The molecule has 6 nitrogen and oxygen atoms in total. The molecule has 0 radical (unpaired) electrons. The lowest BCUT2D eigenvalue weighted by atomic mass is 10.0. The van der Waals surface area contributed by atoms with Crippen LogP contribution in [-0.2, 0) is 0 Å². The van der Waals surface area contributed by atoms with Crippen molar-refractivity contribution in [3.8, 4) is 22.6 Å². The third-order valence-corrected chi connectivity index (χ3v) is 4.57. The van der Waals surface area contributed by atoms with Crippen LogP contribution in [0.2, 0.25) is 0 Å². The lowest BCUT2D eigenvalue weighted by Gasteiger charge is -2.19. The SMILES string of the molecule is Cl.NC(CNC(=O)c1c[nH]cc1-c1ccc2c(c1)OCCO2)C1CC1. The summed E-state index contributed by atoms with van der Waals surface area (Å²) in [7, 11) is 0. The Labute approximate surface area is 152 Å². The minimum absolute atomic E-state index is 0. The number of benzene rings is 1. The van der Waals surface area contributed by atoms with Gasteiger partial charge < -0.3 is 25.5 Å². The van der Waals surface area contributed by atoms with Gasteiger partial charge in [0.2, 0.25) is 0 Å². The van der Waals surface area contributed by atoms with Gasteiger partial charge in [0.25, 0.3) is 5.91 Å². The molecular formula is C18H22ClN3O3. The van der Waals surface area contributed by atoms with Gasteiger partial charge in [0.05, 0.1) is 5.56 Å². The zero-order chi connectivity index (χ0) is 16.5. The third-order valence-electron chi connectivity index (χ3n) is 4.57. The molecule has 1 aromatic heterocycles. The lowest BCUT2D eigenvalue weighted by Crippen LogP contribution is -2.38. The van der Waals surface area contributed by atoms with Crippen LogP contribution in [0, 0.1) is 5.92 Å². The molecular weight excluding hydrogens is 342 g/mol. The van der Waals surface area contributed by atoms with Crippen molar-refractivity contribution in [3.63, 3.8) is 0 Å². The Bertz CT molecular complexity index is 758. The number of carbonyl (C=O) groups excluding carboxylic acids is 1. The van der Waals surface area contributed by atoms with Crippen molar-refractivity contribution >= 4 is 18.3 Å². The summed E-state index contributed by atoms with van der Waals surface area (Å²) in [5.74, 6) is 1.90. The number of aromatic amines is 1. The molecule has 1 amide bonds. The molecule has 1 unspecified atom stereocenters. The average molecular weight is 364 g/mol. The lowest BCUT2D eigenvalue weighted by molar-refractivity contribution is 0.0951. The number of rotatable bonds is 5. The van der Waals surface area contributed by atoms with E-state index < -0.39 is 0 Å². The molecule has 134 valence electrons. The van der Waals surface area contributed by atoms with E-state index >= 15 is 0 Å². The maximum atomic E-state index is 12.5. The molecule has 4 rings (SSSR count). The summed E-state index contributed by atoms with van der Waals surface area (Å²) in [5, 5.41) is 2.94. The molecule has 4 N–H and O–H groups in total. The van der Waals surface area contributed by atoms with Gasteiger partial charge in [0.1, 0.15) is 13.2 Å². The fourth-order valence-electron chi connectivity index (χ4n) is 3.00. The van der Waals surface area contributed by atoms with Crippen LogP contribution >= 0.6 is 12.4 Å². The topological polar surface area (TPSA) is 89.4 Å². The Morgan fingerprint density at radius 3 is 2.76 bits per heavy atom. The molecule has 1 aliphatic carbocycles. The molecule has 1 aromatic carbocycles. The molecule has 7 heteroatoms. The monoisotopic (exact) mass is 363 g/mol. The van der Waals surface area contributed by atoms with Crippen molar-refractivity contribution in [2.24, 2.45) is 11.7 Å². The maximum absolute atomic E-state index is 12.5. The van der Waals surface area contributed by atoms with Crippen LogP contribution in [0.4, 0.5) is 0 Å². The molecule has 0 bridgehead atoms. The van der Waals surface area contributed by atoms with Gasteiger partial charge in [-0.2, -0.15) is 0 Å². The number of halogens is 1. The Kier molecular flexibility index (Phi) is 5.20. The molecule has 25 heavy (non-hydrogen) atoms. The zero-order valence-corrected chi connectivity index (χ0v) is 14.6. The second-order valence-electron chi connectivity index (χ2n) is 6.35. The minimum Gasteiger partial charge on any atom is -0.486 e. The van der Waals surface area contributed by atoms with Crippen LogP contribution in [0.25, 0.3) is 11.1 Å². The zero-order valence-electron chi connectivity index (χ0n) is 13.8. The van der Waals surface area contributed by atoms with Gasteiger partial charge in [-0.25, -0.2) is 0 Å². The summed E-state index contributed by atoms with van der Waals surface area (Å²) >= 11 is 0. The molecule has 1 saturated carbocycles. The van der Waals surface area contributed by atoms with E-state index in [2.05, 4.69) is 10.3 Å². The van der Waals surface area contributed by atoms with E-state index in [4.69, 9.17) is 15.2 Å². The van der Waals surface area contributed by atoms with E-state index in [0.717, 1.165) is 16.9 Å². The summed E-state index contributed by atoms with van der Waals surface area (Å²) in [4.78, 5) is 15.5. The van der Waals surface area contributed by atoms with Crippen molar-refractivity contribution < 1.29 is 14.3 Å². The Hall–Kier alpha value is -2.18. The van der Waals surface area contributed by atoms with Crippen LogP contribution in [0.3, 0.4) is 0 Å². The van der Waals surface area contributed by atoms with Crippen molar-refractivity contribution in [1.29, 1.82) is 0 Å². The Morgan fingerprint density at radius 2 is 2.00 bits per heavy atom. The quantitative estimate of drug-likeness (QED) is 0.760. The van der Waals surface area contributed by atoms with Gasteiger partial charge in [-0.05, 0) is 36.5 Å². The van der Waals surface area contributed by atoms with Gasteiger partial charge in [0, 0.05) is 30.5 Å². The first-order chi connectivity index (χ1) is 11.7. The van der Waals surface area contributed by atoms with E-state index in [0.29, 0.717) is 37.0 Å². The number of hydrogen-bond acceptors (Lipinski definition) is 4. The average Bonchev–Trinajstić information content (AvgIpc) is 3.35. The Balaban J connectivity index is 0.00000182. The standard InChI is InChI=1S/C18H21N3O3.ClH/c19-15(11-1-2-11)10-21-18(22)14-9-20-8-13(14)12-3-4-16-17(7-12)24-6-5-23-16;/h3-4,7-9,11,15,20H,1-2,5-6,10,19H2,(H,21,22);1H. The first-order valence-electron chi connectivity index (χ1n) is 8.33. The van der Waals surface area contributed by atoms with Gasteiger partial charge in [-0.15, -0.1) is 12.4 Å². The number of hydrogen-bond donors (Lipinski definition) is 3. The fourth-order valence-corrected chi connectivity index (χ4v) is 3.00. The molecule has 2 aliphatic rings. The number of ether oxygens (including phenoxy) is 2. The van der Waals surface area contributed by atoms with Crippen LogP contribution < -0.4 is 20.5 Å². The highest BCUT2D eigenvalue weighted by atomic mass is 35.5. The number of aromatic nitrogens is 1. The summed E-state index contributed by atoms with van der Waals surface area (Å²) < 4.78 is 11.2. The summed E-state index contributed by atoms with van der Waals surface area (Å²) in [6.07, 6.45) is 5.87. The van der Waals surface area contributed by atoms with Gasteiger partial charge in [0.15, 0.2) is 11.5 Å². The smallest absolute Gasteiger partial charge is 0.253 e. The highest BCUT2D eigenvalue weighted by Gasteiger charge is 2.28. The number of amides is 1.